The SMILES string of the molecule is CC(C)(C)c1ccc(C2(C(=O)NCC(=O)Nc3cccc4c(=O)[nH][nH]c(=O)c34)CC2)cc1. The van der Waals surface area contributed by atoms with Crippen LogP contribution in [0.3, 0.4) is 0 Å². The molecule has 1 aliphatic carbocycles. The van der Waals surface area contributed by atoms with Gasteiger partial charge >= 0.3 is 0 Å². The molecule has 0 aliphatic heterocycles. The van der Waals surface area contributed by atoms with E-state index in [0.29, 0.717) is 0 Å². The molecule has 1 saturated carbocycles. The molecule has 166 valence electrons. The van der Waals surface area contributed by atoms with Crippen molar-refractivity contribution in [2.75, 3.05) is 11.9 Å². The van der Waals surface area contributed by atoms with E-state index in [2.05, 4.69) is 53.7 Å². The third kappa shape index (κ3) is 3.95. The van der Waals surface area contributed by atoms with Crippen molar-refractivity contribution >= 4 is 28.3 Å². The van der Waals surface area contributed by atoms with Crippen molar-refractivity contribution in [3.63, 3.8) is 0 Å². The smallest absolute Gasteiger partial charge is 0.272 e. The molecule has 32 heavy (non-hydrogen) atoms. The van der Waals surface area contributed by atoms with Gasteiger partial charge in [0.15, 0.2) is 0 Å². The highest BCUT2D eigenvalue weighted by molar-refractivity contribution is 6.03. The quantitative estimate of drug-likeness (QED) is 0.492. The Bertz CT molecular complexity index is 1310. The second-order valence-corrected chi connectivity index (χ2v) is 9.28. The Kier molecular flexibility index (Phi) is 5.24. The van der Waals surface area contributed by atoms with Crippen LogP contribution >= 0.6 is 0 Å². The van der Waals surface area contributed by atoms with Crippen molar-refractivity contribution in [1.82, 2.24) is 15.5 Å². The van der Waals surface area contributed by atoms with Crippen molar-refractivity contribution in [1.29, 1.82) is 0 Å². The molecule has 0 bridgehead atoms. The number of hydrogen-bond acceptors (Lipinski definition) is 4. The third-order valence-electron chi connectivity index (χ3n) is 6.00. The predicted molar refractivity (Wildman–Crippen MR) is 123 cm³/mol. The summed E-state index contributed by atoms with van der Waals surface area (Å²) in [4.78, 5) is 49.4. The summed E-state index contributed by atoms with van der Waals surface area (Å²) in [7, 11) is 0. The molecule has 1 fully saturated rings. The molecule has 1 aliphatic rings. The van der Waals surface area contributed by atoms with Gasteiger partial charge in [-0.15, -0.1) is 0 Å². The first-order chi connectivity index (χ1) is 15.1. The summed E-state index contributed by atoms with van der Waals surface area (Å²) in [5.41, 5.74) is 0.814. The lowest BCUT2D eigenvalue weighted by Gasteiger charge is -2.21. The van der Waals surface area contributed by atoms with E-state index in [9.17, 15) is 19.2 Å². The Balaban J connectivity index is 1.44. The van der Waals surface area contributed by atoms with E-state index in [-0.39, 0.29) is 34.3 Å². The van der Waals surface area contributed by atoms with Crippen molar-refractivity contribution < 1.29 is 9.59 Å². The molecule has 0 radical (unpaired) electrons. The second-order valence-electron chi connectivity index (χ2n) is 9.28. The fourth-order valence-electron chi connectivity index (χ4n) is 3.92. The molecule has 2 aromatic carbocycles. The van der Waals surface area contributed by atoms with Crippen LogP contribution in [0.2, 0.25) is 0 Å². The number of nitrogens with one attached hydrogen (secondary N) is 4. The van der Waals surface area contributed by atoms with Crippen LogP contribution in [0.1, 0.15) is 44.7 Å². The standard InChI is InChI=1S/C24H26N4O4/c1-23(2,3)14-7-9-15(10-8-14)24(11-12-24)22(32)25-13-18(29)26-17-6-4-5-16-19(17)21(31)28-27-20(16)30/h4-10H,11-13H2,1-3H3,(H,25,32)(H,26,29)(H,27,30)(H,28,31). The molecule has 0 spiro atoms. The number of carbonyl (C=O) groups excluding carboxylic acids is 2. The maximum Gasteiger partial charge on any atom is 0.272 e. The van der Waals surface area contributed by atoms with Gasteiger partial charge < -0.3 is 10.6 Å². The minimum atomic E-state index is -0.597. The molecular weight excluding hydrogens is 408 g/mol. The molecule has 8 heteroatoms. The molecule has 1 heterocycles. The topological polar surface area (TPSA) is 124 Å². The molecule has 4 rings (SSSR count). The van der Waals surface area contributed by atoms with Gasteiger partial charge in [-0.3, -0.25) is 29.4 Å². The normalized spacial score (nSPS) is 14.7. The number of fused-ring (bicyclic) bond motifs is 1. The first kappa shape index (κ1) is 21.5. The highest BCUT2D eigenvalue weighted by Gasteiger charge is 2.51. The molecular formula is C24H26N4O4. The zero-order valence-electron chi connectivity index (χ0n) is 18.3. The van der Waals surface area contributed by atoms with Gasteiger partial charge in [0.25, 0.3) is 11.1 Å². The van der Waals surface area contributed by atoms with Gasteiger partial charge in [-0.2, -0.15) is 0 Å². The van der Waals surface area contributed by atoms with E-state index >= 15 is 0 Å². The van der Waals surface area contributed by atoms with Gasteiger partial charge in [-0.05, 0) is 41.5 Å². The summed E-state index contributed by atoms with van der Waals surface area (Å²) < 4.78 is 0. The Hall–Kier alpha value is -3.68. The molecule has 0 saturated heterocycles. The fraction of sp³-hybridized carbons (Fsp3) is 0.333. The molecule has 4 N–H and O–H groups in total. The fourth-order valence-corrected chi connectivity index (χ4v) is 3.92. The molecule has 0 atom stereocenters. The van der Waals surface area contributed by atoms with Crippen molar-refractivity contribution in [2.45, 2.75) is 44.4 Å². The summed E-state index contributed by atoms with van der Waals surface area (Å²) in [6.07, 6.45) is 1.47. The Morgan fingerprint density at radius 3 is 2.25 bits per heavy atom. The lowest BCUT2D eigenvalue weighted by atomic mass is 9.85. The van der Waals surface area contributed by atoms with Crippen LogP contribution in [0.15, 0.2) is 52.1 Å². The summed E-state index contributed by atoms with van der Waals surface area (Å²) in [5, 5.41) is 10.1. The van der Waals surface area contributed by atoms with Crippen LogP contribution in [0, 0.1) is 0 Å². The first-order valence-electron chi connectivity index (χ1n) is 10.5. The molecule has 1 aromatic heterocycles. The van der Waals surface area contributed by atoms with Gasteiger partial charge in [-0.25, -0.2) is 0 Å². The monoisotopic (exact) mass is 434 g/mol. The maximum absolute atomic E-state index is 12.9. The van der Waals surface area contributed by atoms with E-state index in [4.69, 9.17) is 0 Å². The van der Waals surface area contributed by atoms with Crippen LogP contribution < -0.4 is 21.8 Å². The van der Waals surface area contributed by atoms with Crippen LogP contribution in [0.4, 0.5) is 5.69 Å². The van der Waals surface area contributed by atoms with Crippen molar-refractivity contribution in [3.05, 3.63) is 74.3 Å². The summed E-state index contributed by atoms with van der Waals surface area (Å²) >= 11 is 0. The van der Waals surface area contributed by atoms with E-state index in [1.54, 1.807) is 6.07 Å². The maximum atomic E-state index is 12.9. The molecule has 0 unspecified atom stereocenters. The lowest BCUT2D eigenvalue weighted by Crippen LogP contribution is -2.39. The summed E-state index contributed by atoms with van der Waals surface area (Å²) in [5.74, 6) is -0.673. The zero-order chi connectivity index (χ0) is 23.1. The number of rotatable bonds is 5. The van der Waals surface area contributed by atoms with Crippen molar-refractivity contribution in [3.8, 4) is 0 Å². The van der Waals surface area contributed by atoms with Gasteiger partial charge in [0.2, 0.25) is 11.8 Å². The number of carbonyl (C=O) groups is 2. The lowest BCUT2D eigenvalue weighted by molar-refractivity contribution is -0.126. The van der Waals surface area contributed by atoms with E-state index in [1.165, 1.54) is 17.7 Å². The predicted octanol–water partition coefficient (Wildman–Crippen LogP) is 2.30. The van der Waals surface area contributed by atoms with E-state index < -0.39 is 22.4 Å². The van der Waals surface area contributed by atoms with Gasteiger partial charge in [-0.1, -0.05) is 51.1 Å². The minimum absolute atomic E-state index is 0.0315. The Morgan fingerprint density at radius 2 is 1.62 bits per heavy atom. The number of aromatic nitrogens is 2. The second kappa shape index (κ2) is 7.78. The van der Waals surface area contributed by atoms with Crippen LogP contribution in [0.25, 0.3) is 10.8 Å². The largest absolute Gasteiger partial charge is 0.346 e. The van der Waals surface area contributed by atoms with Crippen LogP contribution in [-0.4, -0.2) is 28.6 Å². The number of anilines is 1. The van der Waals surface area contributed by atoms with E-state index in [0.717, 1.165) is 18.4 Å². The van der Waals surface area contributed by atoms with Crippen LogP contribution in [0.5, 0.6) is 0 Å². The van der Waals surface area contributed by atoms with Gasteiger partial charge in [0.05, 0.1) is 28.4 Å². The highest BCUT2D eigenvalue weighted by Crippen LogP contribution is 2.48. The minimum Gasteiger partial charge on any atom is -0.346 e. The number of hydrogen-bond donors (Lipinski definition) is 4. The number of amides is 2. The molecule has 2 amide bonds. The van der Waals surface area contributed by atoms with Crippen molar-refractivity contribution in [2.24, 2.45) is 0 Å². The first-order valence-corrected chi connectivity index (χ1v) is 10.5. The number of H-pyrrole nitrogens is 2. The third-order valence-corrected chi connectivity index (χ3v) is 6.00. The molecule has 8 nitrogen and oxygen atoms in total. The Morgan fingerprint density at radius 1 is 0.969 bits per heavy atom. The van der Waals surface area contributed by atoms with E-state index in [1.807, 2.05) is 12.1 Å². The van der Waals surface area contributed by atoms with Crippen LogP contribution in [-0.2, 0) is 20.4 Å². The number of aromatic amines is 2. The summed E-state index contributed by atoms with van der Waals surface area (Å²) in [6.45, 7) is 6.18. The average Bonchev–Trinajstić information content (AvgIpc) is 3.56. The van der Waals surface area contributed by atoms with Gasteiger partial charge in [0.1, 0.15) is 0 Å². The Labute approximate surface area is 184 Å². The average molecular weight is 434 g/mol. The molecule has 3 aromatic rings. The number of benzene rings is 2. The summed E-state index contributed by atoms with van der Waals surface area (Å²) in [6, 6.07) is 12.7. The zero-order valence-corrected chi connectivity index (χ0v) is 18.3. The van der Waals surface area contributed by atoms with Gasteiger partial charge in [0, 0.05) is 0 Å². The highest BCUT2D eigenvalue weighted by atomic mass is 16.2.